The predicted molar refractivity (Wildman–Crippen MR) is 54.5 cm³/mol. The summed E-state index contributed by atoms with van der Waals surface area (Å²) in [6.45, 7) is 0. The Kier molecular flexibility index (Phi) is 6.42. The smallest absolute Gasteiger partial charge is 0.0386 e. The number of rotatable bonds is 0. The van der Waals surface area contributed by atoms with Crippen LogP contribution in [0, 0.1) is 19.3 Å². The Morgan fingerprint density at radius 2 is 0.667 bits per heavy atom. The van der Waals surface area contributed by atoms with Crippen molar-refractivity contribution in [3.05, 3.63) is 19.3 Å². The predicted octanol–water partition coefficient (Wildman–Crippen LogP) is 4.12. The third-order valence-electron chi connectivity index (χ3n) is 2.45. The highest BCUT2D eigenvalue weighted by molar-refractivity contribution is 4.75. The molecule has 0 aromatic heterocycles. The molecule has 0 amide bonds. The summed E-state index contributed by atoms with van der Waals surface area (Å²) in [5.74, 6) is 0. The van der Waals surface area contributed by atoms with Crippen LogP contribution >= 0.6 is 0 Å². The normalized spacial score (nSPS) is 24.0. The molecule has 1 saturated carbocycles. The van der Waals surface area contributed by atoms with Gasteiger partial charge in [-0.2, -0.15) is 0 Å². The topological polar surface area (TPSA) is 0 Å². The highest BCUT2D eigenvalue weighted by Gasteiger charge is 1.96. The Balaban J connectivity index is 2.00. The van der Waals surface area contributed by atoms with Gasteiger partial charge in [-0.15, -0.1) is 0 Å². The fraction of sp³-hybridized carbons (Fsp3) is 0.750. The molecule has 0 aromatic rings. The Bertz CT molecular complexity index is 43.0. The summed E-state index contributed by atoms with van der Waals surface area (Å²) in [6.07, 6.45) is 19.5. The first-order valence-electron chi connectivity index (χ1n) is 5.45. The first-order chi connectivity index (χ1) is 6.00. The van der Waals surface area contributed by atoms with E-state index in [2.05, 4.69) is 19.3 Å². The van der Waals surface area contributed by atoms with Crippen LogP contribution in [0.1, 0.15) is 57.8 Å². The average molecular weight is 165 g/mol. The second-order valence-electron chi connectivity index (χ2n) is 3.66. The molecule has 1 fully saturated rings. The zero-order valence-electron chi connectivity index (χ0n) is 8.10. The van der Waals surface area contributed by atoms with E-state index in [0.717, 1.165) is 0 Å². The summed E-state index contributed by atoms with van der Waals surface area (Å²) in [5, 5.41) is 0. The van der Waals surface area contributed by atoms with Crippen molar-refractivity contribution in [2.45, 2.75) is 57.8 Å². The van der Waals surface area contributed by atoms with Crippen LogP contribution in [0.4, 0.5) is 0 Å². The van der Waals surface area contributed by atoms with Crippen LogP contribution < -0.4 is 0 Å². The van der Waals surface area contributed by atoms with Gasteiger partial charge in [0, 0.05) is 0 Å². The molecule has 1 aliphatic rings. The lowest BCUT2D eigenvalue weighted by atomic mass is 10.0. The highest BCUT2D eigenvalue weighted by Crippen LogP contribution is 2.14. The Hall–Kier alpha value is 0. The summed E-state index contributed by atoms with van der Waals surface area (Å²) in [5.41, 5.74) is 0. The van der Waals surface area contributed by atoms with Crippen LogP contribution in [0.3, 0.4) is 0 Å². The minimum atomic E-state index is 1.33. The second-order valence-corrected chi connectivity index (χ2v) is 3.66. The molecule has 0 spiro atoms. The number of hydrogen-bond donors (Lipinski definition) is 0. The molecule has 0 unspecified atom stereocenters. The van der Waals surface area contributed by atoms with E-state index in [4.69, 9.17) is 0 Å². The van der Waals surface area contributed by atoms with Gasteiger partial charge in [0.1, 0.15) is 0 Å². The number of hydrogen-bond acceptors (Lipinski definition) is 0. The van der Waals surface area contributed by atoms with Gasteiger partial charge in [-0.3, -0.25) is 0 Å². The third-order valence-corrected chi connectivity index (χ3v) is 2.45. The van der Waals surface area contributed by atoms with Crippen molar-refractivity contribution in [3.63, 3.8) is 0 Å². The SMILES string of the molecule is [CH]1CCC[CH]CCC[CH]CCC1. The molecule has 1 aliphatic carbocycles. The molecule has 0 heterocycles. The van der Waals surface area contributed by atoms with Gasteiger partial charge in [0.2, 0.25) is 0 Å². The minimum Gasteiger partial charge on any atom is -0.0528 e. The monoisotopic (exact) mass is 165 g/mol. The van der Waals surface area contributed by atoms with Gasteiger partial charge in [0.15, 0.2) is 0 Å². The summed E-state index contributed by atoms with van der Waals surface area (Å²) in [6, 6.07) is 0. The maximum absolute atomic E-state index is 2.46. The van der Waals surface area contributed by atoms with E-state index in [0.29, 0.717) is 0 Å². The quantitative estimate of drug-likeness (QED) is 0.506. The van der Waals surface area contributed by atoms with Crippen LogP contribution in [-0.4, -0.2) is 0 Å². The van der Waals surface area contributed by atoms with Crippen molar-refractivity contribution in [2.75, 3.05) is 0 Å². The maximum Gasteiger partial charge on any atom is -0.0386 e. The van der Waals surface area contributed by atoms with Crippen LogP contribution in [-0.2, 0) is 0 Å². The molecule has 0 atom stereocenters. The van der Waals surface area contributed by atoms with E-state index in [-0.39, 0.29) is 0 Å². The molecule has 0 aromatic carbocycles. The summed E-state index contributed by atoms with van der Waals surface area (Å²) < 4.78 is 0. The van der Waals surface area contributed by atoms with Crippen LogP contribution in [0.15, 0.2) is 0 Å². The molecular formula is C12H21. The van der Waals surface area contributed by atoms with Crippen LogP contribution in [0.5, 0.6) is 0 Å². The van der Waals surface area contributed by atoms with Gasteiger partial charge in [-0.25, -0.2) is 0 Å². The zero-order chi connectivity index (χ0) is 8.49. The van der Waals surface area contributed by atoms with Crippen molar-refractivity contribution in [1.29, 1.82) is 0 Å². The molecule has 0 heteroatoms. The minimum absolute atomic E-state index is 1.33. The third kappa shape index (κ3) is 5.62. The Labute approximate surface area is 77.7 Å². The van der Waals surface area contributed by atoms with Crippen molar-refractivity contribution >= 4 is 0 Å². The van der Waals surface area contributed by atoms with Crippen molar-refractivity contribution in [3.8, 4) is 0 Å². The van der Waals surface area contributed by atoms with Crippen LogP contribution in [0.2, 0.25) is 0 Å². The largest absolute Gasteiger partial charge is 0.0528 e. The standard InChI is InChI=1S/C12H21/c1-2-4-6-8-10-12-11-9-7-5-3-1/h1,8-9H,2-7,10-12H2. The van der Waals surface area contributed by atoms with Gasteiger partial charge < -0.3 is 0 Å². The lowest BCUT2D eigenvalue weighted by molar-refractivity contribution is 0.652. The van der Waals surface area contributed by atoms with Gasteiger partial charge >= 0.3 is 0 Å². The molecule has 69 valence electrons. The molecule has 0 nitrogen and oxygen atoms in total. The Morgan fingerprint density at radius 3 is 0.917 bits per heavy atom. The summed E-state index contributed by atoms with van der Waals surface area (Å²) >= 11 is 0. The van der Waals surface area contributed by atoms with Gasteiger partial charge in [-0.05, 0) is 19.3 Å². The summed E-state index contributed by atoms with van der Waals surface area (Å²) in [7, 11) is 0. The van der Waals surface area contributed by atoms with Crippen molar-refractivity contribution in [2.24, 2.45) is 0 Å². The van der Waals surface area contributed by atoms with Crippen molar-refractivity contribution < 1.29 is 0 Å². The molecule has 3 radical (unpaired) electrons. The van der Waals surface area contributed by atoms with Gasteiger partial charge in [0.25, 0.3) is 0 Å². The average Bonchev–Trinajstić information content (AvgIpc) is 2.05. The van der Waals surface area contributed by atoms with Crippen LogP contribution in [0.25, 0.3) is 0 Å². The fourth-order valence-corrected chi connectivity index (χ4v) is 1.65. The summed E-state index contributed by atoms with van der Waals surface area (Å²) in [4.78, 5) is 0. The van der Waals surface area contributed by atoms with E-state index in [1.165, 1.54) is 57.8 Å². The maximum atomic E-state index is 2.46. The van der Waals surface area contributed by atoms with Gasteiger partial charge in [0.05, 0.1) is 0 Å². The highest BCUT2D eigenvalue weighted by atomic mass is 14.0. The van der Waals surface area contributed by atoms with E-state index < -0.39 is 0 Å². The van der Waals surface area contributed by atoms with Gasteiger partial charge in [-0.1, -0.05) is 57.8 Å². The van der Waals surface area contributed by atoms with E-state index in [1.807, 2.05) is 0 Å². The molecule has 0 saturated heterocycles. The molecule has 12 heavy (non-hydrogen) atoms. The molecule has 0 bridgehead atoms. The van der Waals surface area contributed by atoms with E-state index in [1.54, 1.807) is 0 Å². The molecule has 1 rings (SSSR count). The lowest BCUT2D eigenvalue weighted by Gasteiger charge is -2.05. The lowest BCUT2D eigenvalue weighted by Crippen LogP contribution is -1.87. The molecule has 0 N–H and O–H groups in total. The van der Waals surface area contributed by atoms with E-state index in [9.17, 15) is 0 Å². The second kappa shape index (κ2) is 7.64. The first kappa shape index (κ1) is 10.1. The fourth-order valence-electron chi connectivity index (χ4n) is 1.65. The first-order valence-corrected chi connectivity index (χ1v) is 5.45. The van der Waals surface area contributed by atoms with E-state index >= 15 is 0 Å². The molecular weight excluding hydrogens is 144 g/mol. The van der Waals surface area contributed by atoms with Crippen molar-refractivity contribution in [1.82, 2.24) is 0 Å². The zero-order valence-corrected chi connectivity index (χ0v) is 8.10. The molecule has 0 aliphatic heterocycles. The Morgan fingerprint density at radius 1 is 0.417 bits per heavy atom.